The summed E-state index contributed by atoms with van der Waals surface area (Å²) in [7, 11) is 3.20. The Labute approximate surface area is 214 Å². The molecule has 194 valence electrons. The number of carbonyl (C=O) groups excluding carboxylic acids is 3. The lowest BCUT2D eigenvalue weighted by molar-refractivity contribution is -0.184. The number of ketones is 2. The third-order valence-electron chi connectivity index (χ3n) is 7.79. The van der Waals surface area contributed by atoms with E-state index in [1.165, 1.54) is 6.07 Å². The Bertz CT molecular complexity index is 1320. The second kappa shape index (κ2) is 9.64. The Morgan fingerprint density at radius 1 is 1.24 bits per heavy atom. The van der Waals surface area contributed by atoms with Gasteiger partial charge in [0, 0.05) is 35.9 Å². The van der Waals surface area contributed by atoms with Crippen LogP contribution in [-0.2, 0) is 20.8 Å². The average molecular weight is 508 g/mol. The molecule has 1 aromatic carbocycles. The van der Waals surface area contributed by atoms with E-state index in [1.807, 2.05) is 0 Å². The Hall–Kier alpha value is -3.70. The van der Waals surface area contributed by atoms with Gasteiger partial charge in [0.2, 0.25) is 11.7 Å². The number of hydrogen-bond acceptors (Lipinski definition) is 9. The predicted molar refractivity (Wildman–Crippen MR) is 130 cm³/mol. The highest BCUT2D eigenvalue weighted by Crippen LogP contribution is 2.52. The lowest BCUT2D eigenvalue weighted by Gasteiger charge is -2.53. The molecule has 0 bridgehead atoms. The van der Waals surface area contributed by atoms with Gasteiger partial charge in [-0.1, -0.05) is 11.8 Å². The first-order chi connectivity index (χ1) is 17.5. The number of Topliss-reactive ketones (excluding diaryl/α,β-unsaturated/α-hetero) is 2. The molecule has 2 saturated carbocycles. The second-order valence-corrected chi connectivity index (χ2v) is 10.1. The first-order valence-corrected chi connectivity index (χ1v) is 12.1. The fraction of sp³-hybridized carbons (Fsp3) is 0.481. The van der Waals surface area contributed by atoms with Crippen molar-refractivity contribution in [2.24, 2.45) is 23.5 Å². The molecular formula is C27H29N3O7. The van der Waals surface area contributed by atoms with Crippen LogP contribution in [0.1, 0.15) is 42.4 Å². The van der Waals surface area contributed by atoms with Crippen molar-refractivity contribution < 1.29 is 34.8 Å². The van der Waals surface area contributed by atoms with Gasteiger partial charge < -0.3 is 31.1 Å². The molecular weight excluding hydrogens is 478 g/mol. The molecule has 4 rings (SSSR count). The van der Waals surface area contributed by atoms with Crippen molar-refractivity contribution in [3.8, 4) is 23.7 Å². The minimum atomic E-state index is -2.68. The number of phenols is 1. The quantitative estimate of drug-likeness (QED) is 0.215. The molecule has 0 aromatic heterocycles. The molecule has 0 radical (unpaired) electrons. The number of rotatable bonds is 4. The minimum Gasteiger partial charge on any atom is -0.507 e. The third-order valence-corrected chi connectivity index (χ3v) is 7.79. The van der Waals surface area contributed by atoms with E-state index in [9.17, 15) is 34.8 Å². The smallest absolute Gasteiger partial charge is 0.230 e. The number of nitriles is 1. The molecule has 2 fully saturated rings. The number of likely N-dealkylation sites (N-methyl/N-ethyl adjacent to an activating group) is 1. The summed E-state index contributed by atoms with van der Waals surface area (Å²) in [6.45, 7) is 0. The summed E-state index contributed by atoms with van der Waals surface area (Å²) in [5, 5.41) is 53.0. The van der Waals surface area contributed by atoms with E-state index in [-0.39, 0.29) is 29.7 Å². The molecule has 6 N–H and O–H groups in total. The molecule has 10 heteroatoms. The summed E-state index contributed by atoms with van der Waals surface area (Å²) in [6.07, 6.45) is 0.157. The van der Waals surface area contributed by atoms with Crippen LogP contribution in [0.5, 0.6) is 5.75 Å². The van der Waals surface area contributed by atoms with E-state index in [2.05, 4.69) is 17.9 Å². The molecule has 3 aliphatic carbocycles. The summed E-state index contributed by atoms with van der Waals surface area (Å²) < 4.78 is 0. The number of amides is 1. The van der Waals surface area contributed by atoms with E-state index < -0.39 is 58.7 Å². The van der Waals surface area contributed by atoms with E-state index in [1.54, 1.807) is 25.1 Å². The number of hydrogen-bond donors (Lipinski definition) is 5. The zero-order chi connectivity index (χ0) is 27.2. The monoisotopic (exact) mass is 507 g/mol. The number of aromatic hydroxyl groups is 1. The van der Waals surface area contributed by atoms with Crippen molar-refractivity contribution in [2.45, 2.75) is 49.9 Å². The normalized spacial score (nSPS) is 30.5. The lowest BCUT2D eigenvalue weighted by Crippen LogP contribution is -2.73. The zero-order valence-electron chi connectivity index (χ0n) is 20.6. The standard InChI is InChI=1S/C27H29N3O7/c1-30(2)21-16-12-14-11-15-13(7-5-3-4-6-10-28)8-9-17(31)19(15)22(32)18(14)24(34)27(16,37)25(35)20(23(21)33)26(29)36/h8-9,14,16,20-21,23,31-33,37H,3-4,6,11-12H2,1-2H3,(H2,29,36)/t14-,16-,20?,21-,23?,27-/m0/s1. The summed E-state index contributed by atoms with van der Waals surface area (Å²) in [5.41, 5.74) is 3.57. The van der Waals surface area contributed by atoms with Gasteiger partial charge in [-0.15, -0.1) is 0 Å². The number of aliphatic hydroxyl groups is 3. The fourth-order valence-corrected chi connectivity index (χ4v) is 6.14. The van der Waals surface area contributed by atoms with Gasteiger partial charge in [0.05, 0.1) is 17.7 Å². The maximum Gasteiger partial charge on any atom is 0.230 e. The number of fused-ring (bicyclic) bond motifs is 3. The van der Waals surface area contributed by atoms with E-state index in [0.717, 1.165) is 0 Å². The SMILES string of the molecule is CN(C)[C@@H]1C(O)C(C(N)=O)C(=O)[C@@]2(O)C(=O)C3=C(O)c4c(O)ccc(C#CCCCC#N)c4C[C@H]3C[C@@H]12. The predicted octanol–water partition coefficient (Wildman–Crippen LogP) is 0.174. The summed E-state index contributed by atoms with van der Waals surface area (Å²) in [5.74, 6) is -1.76. The molecule has 0 spiro atoms. The van der Waals surface area contributed by atoms with Crippen molar-refractivity contribution in [1.29, 1.82) is 5.26 Å². The number of phenolic OH excluding ortho intramolecular Hbond substituents is 1. The van der Waals surface area contributed by atoms with Crippen LogP contribution in [-0.4, -0.2) is 74.6 Å². The van der Waals surface area contributed by atoms with Gasteiger partial charge in [0.25, 0.3) is 0 Å². The van der Waals surface area contributed by atoms with Gasteiger partial charge in [-0.25, -0.2) is 0 Å². The molecule has 3 aliphatic rings. The summed E-state index contributed by atoms with van der Waals surface area (Å²) in [4.78, 5) is 40.7. The van der Waals surface area contributed by atoms with Crippen LogP contribution in [0.2, 0.25) is 0 Å². The Balaban J connectivity index is 1.84. The fourth-order valence-electron chi connectivity index (χ4n) is 6.14. The van der Waals surface area contributed by atoms with Crippen LogP contribution in [0.15, 0.2) is 17.7 Å². The maximum atomic E-state index is 13.8. The Morgan fingerprint density at radius 3 is 2.57 bits per heavy atom. The van der Waals surface area contributed by atoms with Crippen molar-refractivity contribution >= 4 is 23.2 Å². The van der Waals surface area contributed by atoms with Crippen LogP contribution < -0.4 is 5.73 Å². The van der Waals surface area contributed by atoms with Crippen LogP contribution in [0.4, 0.5) is 0 Å². The molecule has 1 amide bonds. The first-order valence-electron chi connectivity index (χ1n) is 12.1. The molecule has 37 heavy (non-hydrogen) atoms. The van der Waals surface area contributed by atoms with Gasteiger partial charge in [0.1, 0.15) is 17.4 Å². The zero-order valence-corrected chi connectivity index (χ0v) is 20.6. The second-order valence-electron chi connectivity index (χ2n) is 10.1. The third kappa shape index (κ3) is 3.98. The molecule has 10 nitrogen and oxygen atoms in total. The van der Waals surface area contributed by atoms with E-state index in [4.69, 9.17) is 11.0 Å². The van der Waals surface area contributed by atoms with Crippen molar-refractivity contribution in [3.05, 3.63) is 34.4 Å². The number of nitrogens with two attached hydrogens (primary N) is 1. The number of benzene rings is 1. The van der Waals surface area contributed by atoms with Crippen LogP contribution >= 0.6 is 0 Å². The van der Waals surface area contributed by atoms with Crippen LogP contribution in [0.3, 0.4) is 0 Å². The number of unbranched alkanes of at least 4 members (excludes halogenated alkanes) is 2. The Morgan fingerprint density at radius 2 is 1.95 bits per heavy atom. The first kappa shape index (κ1) is 26.4. The van der Waals surface area contributed by atoms with Crippen molar-refractivity contribution in [3.63, 3.8) is 0 Å². The number of carbonyl (C=O) groups is 3. The number of nitrogens with zero attached hydrogens (tertiary/aromatic N) is 2. The summed E-state index contributed by atoms with van der Waals surface area (Å²) in [6, 6.07) is 4.06. The average Bonchev–Trinajstić information content (AvgIpc) is 2.82. The number of aliphatic hydroxyl groups excluding tert-OH is 2. The van der Waals surface area contributed by atoms with Gasteiger partial charge in [-0.05, 0) is 57.0 Å². The van der Waals surface area contributed by atoms with Gasteiger partial charge in [-0.3, -0.25) is 14.4 Å². The topological polar surface area (TPSA) is 185 Å². The van der Waals surface area contributed by atoms with Gasteiger partial charge in [0.15, 0.2) is 11.4 Å². The highest BCUT2D eigenvalue weighted by molar-refractivity contribution is 6.25. The lowest BCUT2D eigenvalue weighted by atomic mass is 9.54. The largest absolute Gasteiger partial charge is 0.507 e. The molecule has 0 aliphatic heterocycles. The van der Waals surface area contributed by atoms with Gasteiger partial charge in [-0.2, -0.15) is 5.26 Å². The highest BCUT2D eigenvalue weighted by Gasteiger charge is 2.67. The minimum absolute atomic E-state index is 0.00405. The number of primary amides is 1. The molecule has 0 saturated heterocycles. The summed E-state index contributed by atoms with van der Waals surface area (Å²) >= 11 is 0. The molecule has 2 unspecified atom stereocenters. The maximum absolute atomic E-state index is 13.8. The van der Waals surface area contributed by atoms with Crippen LogP contribution in [0, 0.1) is 40.9 Å². The molecule has 0 heterocycles. The van der Waals surface area contributed by atoms with E-state index >= 15 is 0 Å². The highest BCUT2D eigenvalue weighted by atomic mass is 16.3. The van der Waals surface area contributed by atoms with Gasteiger partial charge >= 0.3 is 0 Å². The molecule has 6 atom stereocenters. The Kier molecular flexibility index (Phi) is 6.87. The molecule has 1 aromatic rings. The van der Waals surface area contributed by atoms with Crippen molar-refractivity contribution in [1.82, 2.24) is 4.90 Å². The van der Waals surface area contributed by atoms with Crippen LogP contribution in [0.25, 0.3) is 5.76 Å². The van der Waals surface area contributed by atoms with Crippen molar-refractivity contribution in [2.75, 3.05) is 14.1 Å². The van der Waals surface area contributed by atoms with E-state index in [0.29, 0.717) is 30.4 Å².